The van der Waals surface area contributed by atoms with E-state index in [-0.39, 0.29) is 11.9 Å². The normalized spacial score (nSPS) is 18.2. The lowest BCUT2D eigenvalue weighted by molar-refractivity contribution is -0.146. The van der Waals surface area contributed by atoms with Crippen LogP contribution in [0.2, 0.25) is 0 Å². The Morgan fingerprint density at radius 1 is 1.21 bits per heavy atom. The Kier molecular flexibility index (Phi) is 7.45. The average Bonchev–Trinajstić information content (AvgIpc) is 3.58. The van der Waals surface area contributed by atoms with Crippen LogP contribution in [-0.4, -0.2) is 63.0 Å². The average molecular weight is 481 g/mol. The van der Waals surface area contributed by atoms with E-state index in [0.29, 0.717) is 32.9 Å². The van der Waals surface area contributed by atoms with Gasteiger partial charge in [0.1, 0.15) is 11.9 Å². The zero-order valence-electron chi connectivity index (χ0n) is 19.6. The number of benzene rings is 2. The van der Waals surface area contributed by atoms with Gasteiger partial charge in [-0.15, -0.1) is 0 Å². The fourth-order valence-corrected chi connectivity index (χ4v) is 5.29. The number of nitrogens with zero attached hydrogens (tertiary/aromatic N) is 1. The van der Waals surface area contributed by atoms with Crippen LogP contribution in [0.15, 0.2) is 47.2 Å². The summed E-state index contributed by atoms with van der Waals surface area (Å²) < 4.78 is 17.3. The van der Waals surface area contributed by atoms with Crippen LogP contribution in [0.5, 0.6) is 5.75 Å². The van der Waals surface area contributed by atoms with Crippen LogP contribution in [0.3, 0.4) is 0 Å². The molecule has 180 valence electrons. The van der Waals surface area contributed by atoms with Crippen LogP contribution >= 0.6 is 11.3 Å². The van der Waals surface area contributed by atoms with Crippen molar-refractivity contribution in [2.24, 2.45) is 0 Å². The molecule has 0 radical (unpaired) electrons. The number of hydrogen-bond donors (Lipinski definition) is 1. The monoisotopic (exact) mass is 480 g/mol. The fourth-order valence-electron chi connectivity index (χ4n) is 4.64. The van der Waals surface area contributed by atoms with Crippen molar-refractivity contribution in [3.05, 3.63) is 52.7 Å². The van der Waals surface area contributed by atoms with Gasteiger partial charge in [-0.2, -0.15) is 11.3 Å². The summed E-state index contributed by atoms with van der Waals surface area (Å²) in [7, 11) is 1.71. The standard InChI is InChI=1S/C27H32N2O4S/c1-31-11-4-12-32-24-15-20(17-29(21-7-8-21)27(30)25-16-28-10-13-33-25)26(19-9-14-34-18-19)23-6-3-2-5-22(23)24/h2-3,5-6,9,14-15,18,21,25,28H,4,7-8,10-13,16-17H2,1H3/t25-/m1/s1. The van der Waals surface area contributed by atoms with Gasteiger partial charge in [0.2, 0.25) is 0 Å². The Morgan fingerprint density at radius 3 is 2.76 bits per heavy atom. The fraction of sp³-hybridized carbons (Fsp3) is 0.444. The molecule has 7 heteroatoms. The van der Waals surface area contributed by atoms with Gasteiger partial charge < -0.3 is 24.4 Å². The molecule has 6 nitrogen and oxygen atoms in total. The first kappa shape index (κ1) is 23.3. The molecule has 1 aromatic heterocycles. The lowest BCUT2D eigenvalue weighted by atomic mass is 9.93. The van der Waals surface area contributed by atoms with E-state index in [0.717, 1.165) is 47.9 Å². The Bertz CT molecular complexity index is 1110. The van der Waals surface area contributed by atoms with E-state index in [1.165, 1.54) is 11.1 Å². The molecule has 2 aliphatic rings. The van der Waals surface area contributed by atoms with Gasteiger partial charge >= 0.3 is 0 Å². The summed E-state index contributed by atoms with van der Waals surface area (Å²) in [5, 5.41) is 9.82. The molecule has 3 aromatic rings. The Balaban J connectivity index is 1.54. The Labute approximate surface area is 204 Å². The van der Waals surface area contributed by atoms with Crippen LogP contribution in [0, 0.1) is 0 Å². The van der Waals surface area contributed by atoms with Crippen molar-refractivity contribution in [3.63, 3.8) is 0 Å². The van der Waals surface area contributed by atoms with Gasteiger partial charge in [-0.05, 0) is 57.8 Å². The minimum atomic E-state index is -0.413. The topological polar surface area (TPSA) is 60.0 Å². The highest BCUT2D eigenvalue weighted by atomic mass is 32.1. The summed E-state index contributed by atoms with van der Waals surface area (Å²) in [6, 6.07) is 13.0. The predicted molar refractivity (Wildman–Crippen MR) is 135 cm³/mol. The van der Waals surface area contributed by atoms with E-state index in [1.807, 2.05) is 4.90 Å². The minimum Gasteiger partial charge on any atom is -0.493 e. The van der Waals surface area contributed by atoms with E-state index >= 15 is 0 Å². The molecule has 2 fully saturated rings. The molecular formula is C27H32N2O4S. The number of hydrogen-bond acceptors (Lipinski definition) is 6. The van der Waals surface area contributed by atoms with E-state index in [4.69, 9.17) is 14.2 Å². The highest BCUT2D eigenvalue weighted by Crippen LogP contribution is 2.40. The van der Waals surface area contributed by atoms with Crippen LogP contribution in [0.25, 0.3) is 21.9 Å². The largest absolute Gasteiger partial charge is 0.493 e. The van der Waals surface area contributed by atoms with Gasteiger partial charge in [0, 0.05) is 51.2 Å². The van der Waals surface area contributed by atoms with Gasteiger partial charge in [-0.3, -0.25) is 4.79 Å². The molecule has 1 aliphatic carbocycles. The SMILES string of the molecule is COCCCOc1cc(CN(C(=O)[C@H]2CNCCO2)C2CC2)c(-c2ccsc2)c2ccccc12. The van der Waals surface area contributed by atoms with E-state index in [1.54, 1.807) is 18.4 Å². The maximum absolute atomic E-state index is 13.5. The molecule has 1 aliphatic heterocycles. The summed E-state index contributed by atoms with van der Waals surface area (Å²) in [5.74, 6) is 0.946. The highest BCUT2D eigenvalue weighted by molar-refractivity contribution is 7.08. The smallest absolute Gasteiger partial charge is 0.253 e. The second-order valence-electron chi connectivity index (χ2n) is 8.92. The molecule has 2 aromatic carbocycles. The molecule has 0 spiro atoms. The highest BCUT2D eigenvalue weighted by Gasteiger charge is 2.37. The quantitative estimate of drug-likeness (QED) is 0.434. The lowest BCUT2D eigenvalue weighted by Gasteiger charge is -2.31. The molecule has 1 saturated carbocycles. The number of carbonyl (C=O) groups excluding carboxylic acids is 1. The summed E-state index contributed by atoms with van der Waals surface area (Å²) >= 11 is 1.69. The van der Waals surface area contributed by atoms with Crippen molar-refractivity contribution in [1.29, 1.82) is 0 Å². The van der Waals surface area contributed by atoms with Crippen LogP contribution in [0.4, 0.5) is 0 Å². The number of fused-ring (bicyclic) bond motifs is 1. The van der Waals surface area contributed by atoms with Gasteiger partial charge in [0.05, 0.1) is 13.2 Å². The van der Waals surface area contributed by atoms with Crippen LogP contribution in [0.1, 0.15) is 24.8 Å². The lowest BCUT2D eigenvalue weighted by Crippen LogP contribution is -2.49. The zero-order valence-corrected chi connectivity index (χ0v) is 20.4. The second-order valence-corrected chi connectivity index (χ2v) is 9.70. The molecule has 0 bridgehead atoms. The third kappa shape index (κ3) is 5.13. The molecule has 1 amide bonds. The molecular weight excluding hydrogens is 448 g/mol. The van der Waals surface area contributed by atoms with Gasteiger partial charge in [-0.1, -0.05) is 24.3 Å². The van der Waals surface area contributed by atoms with Crippen LogP contribution < -0.4 is 10.1 Å². The van der Waals surface area contributed by atoms with Crippen molar-refractivity contribution < 1.29 is 19.0 Å². The predicted octanol–water partition coefficient (Wildman–Crippen LogP) is 4.46. The third-order valence-corrected chi connectivity index (χ3v) is 7.15. The number of rotatable bonds is 10. The van der Waals surface area contributed by atoms with Crippen LogP contribution in [-0.2, 0) is 20.8 Å². The molecule has 1 N–H and O–H groups in total. The molecule has 5 rings (SSSR count). The number of thiophene rings is 1. The summed E-state index contributed by atoms with van der Waals surface area (Å²) in [6.45, 7) is 3.74. The molecule has 1 atom stereocenters. The zero-order chi connectivity index (χ0) is 23.3. The van der Waals surface area contributed by atoms with E-state index in [9.17, 15) is 4.79 Å². The first-order chi connectivity index (χ1) is 16.8. The molecule has 34 heavy (non-hydrogen) atoms. The Morgan fingerprint density at radius 2 is 2.06 bits per heavy atom. The van der Waals surface area contributed by atoms with Crippen molar-refractivity contribution in [1.82, 2.24) is 10.2 Å². The molecule has 0 unspecified atom stereocenters. The number of ether oxygens (including phenoxy) is 3. The summed E-state index contributed by atoms with van der Waals surface area (Å²) in [6.07, 6.45) is 2.51. The van der Waals surface area contributed by atoms with Crippen molar-refractivity contribution in [2.75, 3.05) is 40.0 Å². The van der Waals surface area contributed by atoms with E-state index in [2.05, 4.69) is 52.5 Å². The van der Waals surface area contributed by atoms with Gasteiger partial charge in [0.15, 0.2) is 0 Å². The number of morpholine rings is 1. The first-order valence-corrected chi connectivity index (χ1v) is 13.0. The molecule has 2 heterocycles. The third-order valence-electron chi connectivity index (χ3n) is 6.46. The maximum atomic E-state index is 13.5. The molecule has 1 saturated heterocycles. The Hall–Kier alpha value is -2.45. The van der Waals surface area contributed by atoms with Gasteiger partial charge in [0.25, 0.3) is 5.91 Å². The van der Waals surface area contributed by atoms with Crippen molar-refractivity contribution >= 4 is 28.0 Å². The summed E-state index contributed by atoms with van der Waals surface area (Å²) in [5.41, 5.74) is 3.48. The van der Waals surface area contributed by atoms with Crippen molar-refractivity contribution in [3.8, 4) is 16.9 Å². The first-order valence-electron chi connectivity index (χ1n) is 12.1. The second kappa shape index (κ2) is 10.9. The van der Waals surface area contributed by atoms with E-state index < -0.39 is 6.10 Å². The number of methoxy groups -OCH3 is 1. The van der Waals surface area contributed by atoms with Crippen molar-refractivity contribution in [2.45, 2.75) is 38.0 Å². The number of nitrogens with one attached hydrogen (secondary N) is 1. The minimum absolute atomic E-state index is 0.0849. The maximum Gasteiger partial charge on any atom is 0.253 e. The number of carbonyl (C=O) groups is 1. The summed E-state index contributed by atoms with van der Waals surface area (Å²) in [4.78, 5) is 15.5. The number of amides is 1. The van der Waals surface area contributed by atoms with Gasteiger partial charge in [-0.25, -0.2) is 0 Å².